The zero-order valence-corrected chi connectivity index (χ0v) is 11.2. The average molecular weight is 315 g/mol. The number of anilines is 1. The van der Waals surface area contributed by atoms with E-state index in [1.807, 2.05) is 24.3 Å². The molecule has 0 amide bonds. The molecule has 0 unspecified atom stereocenters. The van der Waals surface area contributed by atoms with Crippen molar-refractivity contribution in [3.8, 4) is 0 Å². The summed E-state index contributed by atoms with van der Waals surface area (Å²) in [5.74, 6) is -0.243. The highest BCUT2D eigenvalue weighted by Crippen LogP contribution is 2.20. The topological polar surface area (TPSA) is 12.0 Å². The van der Waals surface area contributed by atoms with Crippen LogP contribution >= 0.6 is 27.5 Å². The fourth-order valence-electron chi connectivity index (χ4n) is 1.43. The zero-order valence-electron chi connectivity index (χ0n) is 8.88. The summed E-state index contributed by atoms with van der Waals surface area (Å²) in [5, 5.41) is 3.94. The van der Waals surface area contributed by atoms with E-state index in [1.165, 1.54) is 12.1 Å². The van der Waals surface area contributed by atoms with Crippen molar-refractivity contribution in [2.75, 3.05) is 5.32 Å². The Balaban J connectivity index is 2.04. The van der Waals surface area contributed by atoms with Gasteiger partial charge < -0.3 is 5.32 Å². The predicted octanol–water partition coefficient (Wildman–Crippen LogP) is 4.85. The quantitative estimate of drug-likeness (QED) is 0.853. The summed E-state index contributed by atoms with van der Waals surface area (Å²) < 4.78 is 13.7. The summed E-state index contributed by atoms with van der Waals surface area (Å²) >= 11 is 9.13. The molecule has 0 aliphatic heterocycles. The maximum atomic E-state index is 12.9. The molecule has 1 nitrogen and oxygen atoms in total. The molecule has 2 rings (SSSR count). The van der Waals surface area contributed by atoms with Crippen LogP contribution in [0.4, 0.5) is 10.1 Å². The van der Waals surface area contributed by atoms with E-state index in [0.29, 0.717) is 11.6 Å². The van der Waals surface area contributed by atoms with Crippen LogP contribution in [-0.4, -0.2) is 0 Å². The molecule has 2 aromatic rings. The molecule has 0 radical (unpaired) electrons. The smallest absolute Gasteiger partial charge is 0.124 e. The van der Waals surface area contributed by atoms with E-state index < -0.39 is 0 Å². The molecule has 0 aliphatic carbocycles. The number of halogens is 3. The Kier molecular flexibility index (Phi) is 4.02. The third kappa shape index (κ3) is 3.45. The second-order valence-corrected chi connectivity index (χ2v) is 4.89. The van der Waals surface area contributed by atoms with Crippen LogP contribution in [0.3, 0.4) is 0 Å². The summed E-state index contributed by atoms with van der Waals surface area (Å²) in [6.07, 6.45) is 0. The predicted molar refractivity (Wildman–Crippen MR) is 72.9 cm³/mol. The van der Waals surface area contributed by atoms with Gasteiger partial charge in [-0.1, -0.05) is 33.6 Å². The lowest BCUT2D eigenvalue weighted by molar-refractivity contribution is 0.626. The number of rotatable bonds is 3. The standard InChI is InChI=1S/C13H10BrClFN/c14-13-7-11(16)4-1-9(13)8-17-12-5-2-10(15)3-6-12/h1-7,17H,8H2. The molecule has 4 heteroatoms. The van der Waals surface area contributed by atoms with Gasteiger partial charge in [-0.25, -0.2) is 4.39 Å². The molecule has 1 N–H and O–H groups in total. The van der Waals surface area contributed by atoms with Crippen molar-refractivity contribution in [2.45, 2.75) is 6.54 Å². The fourth-order valence-corrected chi connectivity index (χ4v) is 2.05. The van der Waals surface area contributed by atoms with Crippen LogP contribution in [0.25, 0.3) is 0 Å². The van der Waals surface area contributed by atoms with E-state index in [9.17, 15) is 4.39 Å². The lowest BCUT2D eigenvalue weighted by atomic mass is 10.2. The normalized spacial score (nSPS) is 10.3. The first-order valence-electron chi connectivity index (χ1n) is 5.08. The number of benzene rings is 2. The van der Waals surface area contributed by atoms with Crippen LogP contribution in [0.1, 0.15) is 5.56 Å². The lowest BCUT2D eigenvalue weighted by Crippen LogP contribution is -2.00. The number of hydrogen-bond acceptors (Lipinski definition) is 1. The molecule has 0 saturated heterocycles. The molecule has 0 spiro atoms. The van der Waals surface area contributed by atoms with Gasteiger partial charge in [0.1, 0.15) is 5.82 Å². The average Bonchev–Trinajstić information content (AvgIpc) is 2.30. The van der Waals surface area contributed by atoms with Crippen LogP contribution in [0, 0.1) is 5.82 Å². The van der Waals surface area contributed by atoms with Gasteiger partial charge in [0.15, 0.2) is 0 Å². The van der Waals surface area contributed by atoms with E-state index in [2.05, 4.69) is 21.2 Å². The van der Waals surface area contributed by atoms with Gasteiger partial charge in [-0.2, -0.15) is 0 Å². The van der Waals surface area contributed by atoms with Crippen molar-refractivity contribution in [3.63, 3.8) is 0 Å². The summed E-state index contributed by atoms with van der Waals surface area (Å²) in [7, 11) is 0. The Morgan fingerprint density at radius 2 is 1.82 bits per heavy atom. The van der Waals surface area contributed by atoms with Crippen LogP contribution in [0.2, 0.25) is 5.02 Å². The van der Waals surface area contributed by atoms with Crippen molar-refractivity contribution < 1.29 is 4.39 Å². The minimum Gasteiger partial charge on any atom is -0.381 e. The second-order valence-electron chi connectivity index (χ2n) is 3.60. The summed E-state index contributed by atoms with van der Waals surface area (Å²) in [6.45, 7) is 0.627. The fraction of sp³-hybridized carbons (Fsp3) is 0.0769. The maximum Gasteiger partial charge on any atom is 0.124 e. The van der Waals surface area contributed by atoms with Gasteiger partial charge in [-0.05, 0) is 42.0 Å². The van der Waals surface area contributed by atoms with E-state index in [0.717, 1.165) is 15.7 Å². The number of hydrogen-bond donors (Lipinski definition) is 1. The van der Waals surface area contributed by atoms with Crippen molar-refractivity contribution in [1.29, 1.82) is 0 Å². The van der Waals surface area contributed by atoms with Crippen LogP contribution in [0.5, 0.6) is 0 Å². The number of nitrogens with one attached hydrogen (secondary N) is 1. The summed E-state index contributed by atoms with van der Waals surface area (Å²) in [4.78, 5) is 0. The van der Waals surface area contributed by atoms with Gasteiger partial charge in [0.2, 0.25) is 0 Å². The first-order valence-corrected chi connectivity index (χ1v) is 6.25. The second kappa shape index (κ2) is 5.52. The van der Waals surface area contributed by atoms with Crippen LogP contribution < -0.4 is 5.32 Å². The van der Waals surface area contributed by atoms with E-state index in [1.54, 1.807) is 6.07 Å². The minimum atomic E-state index is -0.243. The van der Waals surface area contributed by atoms with Gasteiger partial charge in [-0.15, -0.1) is 0 Å². The lowest BCUT2D eigenvalue weighted by Gasteiger charge is -2.08. The molecule has 0 aromatic heterocycles. The maximum absolute atomic E-state index is 12.9. The molecule has 0 fully saturated rings. The third-order valence-electron chi connectivity index (χ3n) is 2.34. The first-order chi connectivity index (χ1) is 8.15. The molecule has 0 atom stereocenters. The van der Waals surface area contributed by atoms with Gasteiger partial charge in [-0.3, -0.25) is 0 Å². The Hall–Kier alpha value is -1.06. The Morgan fingerprint density at radius 3 is 2.47 bits per heavy atom. The van der Waals surface area contributed by atoms with E-state index >= 15 is 0 Å². The highest BCUT2D eigenvalue weighted by Gasteiger charge is 2.01. The minimum absolute atomic E-state index is 0.243. The monoisotopic (exact) mass is 313 g/mol. The molecule has 0 aliphatic rings. The Bertz CT molecular complexity index is 513. The molecule has 17 heavy (non-hydrogen) atoms. The van der Waals surface area contributed by atoms with E-state index in [4.69, 9.17) is 11.6 Å². The molecule has 0 bridgehead atoms. The Labute approximate surface area is 113 Å². The van der Waals surface area contributed by atoms with Gasteiger partial charge in [0.05, 0.1) is 0 Å². The molecule has 0 saturated carbocycles. The van der Waals surface area contributed by atoms with Crippen molar-refractivity contribution in [3.05, 3.63) is 63.3 Å². The summed E-state index contributed by atoms with van der Waals surface area (Å²) in [6, 6.07) is 12.1. The van der Waals surface area contributed by atoms with Crippen molar-refractivity contribution in [1.82, 2.24) is 0 Å². The molecule has 88 valence electrons. The third-order valence-corrected chi connectivity index (χ3v) is 3.33. The summed E-state index contributed by atoms with van der Waals surface area (Å²) in [5.41, 5.74) is 1.98. The van der Waals surface area contributed by atoms with Crippen LogP contribution in [-0.2, 0) is 6.54 Å². The SMILES string of the molecule is Fc1ccc(CNc2ccc(Cl)cc2)c(Br)c1. The van der Waals surface area contributed by atoms with E-state index in [-0.39, 0.29) is 5.82 Å². The zero-order chi connectivity index (χ0) is 12.3. The first kappa shape index (κ1) is 12.4. The molecular formula is C13H10BrClFN. The molecule has 2 aromatic carbocycles. The van der Waals surface area contributed by atoms with Gasteiger partial charge in [0, 0.05) is 21.7 Å². The largest absolute Gasteiger partial charge is 0.381 e. The molecular weight excluding hydrogens is 305 g/mol. The van der Waals surface area contributed by atoms with Gasteiger partial charge in [0.25, 0.3) is 0 Å². The molecule has 0 heterocycles. The highest BCUT2D eigenvalue weighted by molar-refractivity contribution is 9.10. The van der Waals surface area contributed by atoms with Crippen molar-refractivity contribution >= 4 is 33.2 Å². The van der Waals surface area contributed by atoms with Crippen molar-refractivity contribution in [2.24, 2.45) is 0 Å². The van der Waals surface area contributed by atoms with Gasteiger partial charge >= 0.3 is 0 Å². The highest BCUT2D eigenvalue weighted by atomic mass is 79.9. The van der Waals surface area contributed by atoms with Crippen LogP contribution in [0.15, 0.2) is 46.9 Å². The Morgan fingerprint density at radius 1 is 1.12 bits per heavy atom.